The van der Waals surface area contributed by atoms with E-state index in [0.29, 0.717) is 23.9 Å². The van der Waals surface area contributed by atoms with E-state index in [1.807, 2.05) is 6.07 Å². The number of piperidine rings is 1. The maximum Gasteiger partial charge on any atom is 0.241 e. The zero-order valence-corrected chi connectivity index (χ0v) is 14.1. The normalized spacial score (nSPS) is 26.5. The summed E-state index contributed by atoms with van der Waals surface area (Å²) in [5.41, 5.74) is 1.40. The fourth-order valence-electron chi connectivity index (χ4n) is 4.09. The molecule has 4 rings (SSSR count). The summed E-state index contributed by atoms with van der Waals surface area (Å²) in [6.45, 7) is 0. The minimum Gasteiger partial charge on any atom is -0.335 e. The lowest BCUT2D eigenvalue weighted by atomic mass is 9.85. The summed E-state index contributed by atoms with van der Waals surface area (Å²) in [5.74, 6) is 1.19. The molecule has 2 aromatic rings. The average molecular weight is 344 g/mol. The Morgan fingerprint density at radius 2 is 1.58 bits per heavy atom. The fourth-order valence-corrected chi connectivity index (χ4v) is 4.49. The predicted molar refractivity (Wildman–Crippen MR) is 91.1 cm³/mol. The van der Waals surface area contributed by atoms with Crippen LogP contribution in [0.25, 0.3) is 0 Å². The van der Waals surface area contributed by atoms with E-state index < -0.39 is 10.0 Å². The molecule has 3 heterocycles. The Labute approximate surface area is 141 Å². The Hall–Kier alpha value is -1.99. The summed E-state index contributed by atoms with van der Waals surface area (Å²) in [4.78, 5) is 10.8. The minimum absolute atomic E-state index is 0.0437. The van der Waals surface area contributed by atoms with Gasteiger partial charge in [-0.3, -0.25) is 0 Å². The van der Waals surface area contributed by atoms with Crippen molar-refractivity contribution in [3.63, 3.8) is 0 Å². The largest absolute Gasteiger partial charge is 0.335 e. The van der Waals surface area contributed by atoms with Gasteiger partial charge in [-0.05, 0) is 37.2 Å². The molecule has 0 radical (unpaired) electrons. The number of hydrogen-bond acceptors (Lipinski definition) is 5. The van der Waals surface area contributed by atoms with Gasteiger partial charge in [0.25, 0.3) is 0 Å². The summed E-state index contributed by atoms with van der Waals surface area (Å²) < 4.78 is 22.7. The number of hydrogen-bond donors (Lipinski definition) is 1. The Morgan fingerprint density at radius 1 is 1.00 bits per heavy atom. The van der Waals surface area contributed by atoms with Crippen molar-refractivity contribution < 1.29 is 8.42 Å². The molecule has 2 aliphatic heterocycles. The second kappa shape index (κ2) is 5.82. The van der Waals surface area contributed by atoms with Crippen LogP contribution in [0.1, 0.15) is 37.2 Å². The molecule has 24 heavy (non-hydrogen) atoms. The molecule has 1 aromatic heterocycles. The highest BCUT2D eigenvalue weighted by Gasteiger charge is 2.42. The van der Waals surface area contributed by atoms with E-state index in [2.05, 4.69) is 39.1 Å². The molecule has 1 unspecified atom stereocenters. The average Bonchev–Trinajstić information content (AvgIpc) is 2.84. The third kappa shape index (κ3) is 2.78. The van der Waals surface area contributed by atoms with E-state index in [9.17, 15) is 8.42 Å². The number of rotatable bonds is 3. The van der Waals surface area contributed by atoms with Gasteiger partial charge < -0.3 is 4.90 Å². The summed E-state index contributed by atoms with van der Waals surface area (Å²) >= 11 is 0. The van der Waals surface area contributed by atoms with Gasteiger partial charge in [-0.15, -0.1) is 0 Å². The number of fused-ring (bicyclic) bond motifs is 2. The van der Waals surface area contributed by atoms with Crippen molar-refractivity contribution in [3.8, 4) is 0 Å². The molecular formula is C17H20N4O2S. The first-order valence-corrected chi connectivity index (χ1v) is 9.75. The molecule has 126 valence electrons. The molecule has 6 nitrogen and oxygen atoms in total. The summed E-state index contributed by atoms with van der Waals surface area (Å²) in [6, 6.07) is 11.5. The van der Waals surface area contributed by atoms with Crippen molar-refractivity contribution >= 4 is 16.0 Å². The fraction of sp³-hybridized carbons (Fsp3) is 0.412. The molecular weight excluding hydrogens is 324 g/mol. The first-order chi connectivity index (χ1) is 11.5. The van der Waals surface area contributed by atoms with Crippen LogP contribution in [-0.4, -0.2) is 30.5 Å². The topological polar surface area (TPSA) is 89.2 Å². The van der Waals surface area contributed by atoms with Crippen LogP contribution in [-0.2, 0) is 10.0 Å². The summed E-state index contributed by atoms with van der Waals surface area (Å²) in [5, 5.41) is 5.11. The molecule has 2 bridgehead atoms. The van der Waals surface area contributed by atoms with Crippen LogP contribution < -0.4 is 10.0 Å². The Bertz CT molecular complexity index is 809. The molecule has 2 fully saturated rings. The van der Waals surface area contributed by atoms with Gasteiger partial charge in [-0.2, -0.15) is 0 Å². The molecule has 2 N–H and O–H groups in total. The van der Waals surface area contributed by atoms with E-state index in [0.717, 1.165) is 25.7 Å². The second-order valence-corrected chi connectivity index (χ2v) is 8.20. The molecule has 0 aliphatic carbocycles. The van der Waals surface area contributed by atoms with Gasteiger partial charge in [-0.25, -0.2) is 23.5 Å². The van der Waals surface area contributed by atoms with Gasteiger partial charge in [0.2, 0.25) is 16.0 Å². The van der Waals surface area contributed by atoms with E-state index in [-0.39, 0.29) is 4.90 Å². The molecule has 1 aromatic carbocycles. The van der Waals surface area contributed by atoms with Crippen molar-refractivity contribution in [3.05, 3.63) is 48.3 Å². The van der Waals surface area contributed by atoms with E-state index >= 15 is 0 Å². The van der Waals surface area contributed by atoms with Crippen LogP contribution >= 0.6 is 0 Å². The number of primary sulfonamides is 1. The van der Waals surface area contributed by atoms with Crippen LogP contribution in [0.2, 0.25) is 0 Å². The number of nitrogens with zero attached hydrogens (tertiary/aromatic N) is 3. The highest BCUT2D eigenvalue weighted by Crippen LogP contribution is 2.44. The maximum atomic E-state index is 11.3. The minimum atomic E-state index is -3.75. The lowest BCUT2D eigenvalue weighted by Gasteiger charge is -2.39. The molecule has 2 saturated heterocycles. The third-order valence-electron chi connectivity index (χ3n) is 5.18. The van der Waals surface area contributed by atoms with Gasteiger partial charge in [0.05, 0.1) is 12.4 Å². The van der Waals surface area contributed by atoms with Crippen LogP contribution in [0.4, 0.5) is 5.95 Å². The number of nitrogens with two attached hydrogens (primary N) is 1. The Balaban J connectivity index is 1.57. The first-order valence-electron chi connectivity index (χ1n) is 8.20. The molecule has 7 heteroatoms. The van der Waals surface area contributed by atoms with E-state index in [4.69, 9.17) is 5.14 Å². The van der Waals surface area contributed by atoms with Gasteiger partial charge >= 0.3 is 0 Å². The smallest absolute Gasteiger partial charge is 0.241 e. The van der Waals surface area contributed by atoms with E-state index in [1.54, 1.807) is 0 Å². The van der Waals surface area contributed by atoms with Crippen molar-refractivity contribution in [2.75, 3.05) is 4.90 Å². The van der Waals surface area contributed by atoms with E-state index in [1.165, 1.54) is 18.0 Å². The molecule has 0 amide bonds. The monoisotopic (exact) mass is 344 g/mol. The van der Waals surface area contributed by atoms with Crippen LogP contribution in [0, 0.1) is 0 Å². The lowest BCUT2D eigenvalue weighted by Crippen LogP contribution is -2.43. The zero-order chi connectivity index (χ0) is 16.7. The SMILES string of the molecule is NS(=O)(=O)c1cnc(N2[C@@H]3CC[C@H]2CC(c2ccccc2)C3)nc1. The first kappa shape index (κ1) is 15.5. The van der Waals surface area contributed by atoms with Gasteiger partial charge in [0.1, 0.15) is 4.90 Å². The predicted octanol–water partition coefficient (Wildman–Crippen LogP) is 2.04. The number of aromatic nitrogens is 2. The van der Waals surface area contributed by atoms with Crippen LogP contribution in [0.3, 0.4) is 0 Å². The van der Waals surface area contributed by atoms with Crippen molar-refractivity contribution in [2.45, 2.75) is 48.6 Å². The Kier molecular flexibility index (Phi) is 3.77. The standard InChI is InChI=1S/C17H20N4O2S/c18-24(22,23)16-10-19-17(20-11-16)21-14-6-7-15(21)9-13(8-14)12-4-2-1-3-5-12/h1-5,10-11,13-15H,6-9H2,(H2,18,22,23)/t13?,14-,15+. The molecule has 0 spiro atoms. The Morgan fingerprint density at radius 3 is 2.12 bits per heavy atom. The maximum absolute atomic E-state index is 11.3. The third-order valence-corrected chi connectivity index (χ3v) is 6.05. The number of benzene rings is 1. The number of sulfonamides is 1. The van der Waals surface area contributed by atoms with Crippen LogP contribution in [0.15, 0.2) is 47.6 Å². The molecule has 3 atom stereocenters. The summed E-state index contributed by atoms with van der Waals surface area (Å²) in [6.07, 6.45) is 7.05. The van der Waals surface area contributed by atoms with Gasteiger partial charge in [-0.1, -0.05) is 30.3 Å². The van der Waals surface area contributed by atoms with Crippen molar-refractivity contribution in [1.82, 2.24) is 9.97 Å². The second-order valence-electron chi connectivity index (χ2n) is 6.64. The number of anilines is 1. The highest BCUT2D eigenvalue weighted by molar-refractivity contribution is 7.89. The zero-order valence-electron chi connectivity index (χ0n) is 13.2. The quantitative estimate of drug-likeness (QED) is 0.920. The molecule has 0 saturated carbocycles. The van der Waals surface area contributed by atoms with Crippen molar-refractivity contribution in [2.24, 2.45) is 5.14 Å². The highest BCUT2D eigenvalue weighted by atomic mass is 32.2. The van der Waals surface area contributed by atoms with Crippen LogP contribution in [0.5, 0.6) is 0 Å². The van der Waals surface area contributed by atoms with Gasteiger partial charge in [0, 0.05) is 12.1 Å². The molecule has 2 aliphatic rings. The van der Waals surface area contributed by atoms with Gasteiger partial charge in [0.15, 0.2) is 0 Å². The lowest BCUT2D eigenvalue weighted by molar-refractivity contribution is 0.410. The summed E-state index contributed by atoms with van der Waals surface area (Å²) in [7, 11) is -3.75. The van der Waals surface area contributed by atoms with Crippen molar-refractivity contribution in [1.29, 1.82) is 0 Å².